The molecule has 18 heavy (non-hydrogen) atoms. The topological polar surface area (TPSA) is 60.2 Å². The number of hydrogen-bond donors (Lipinski definition) is 1. The summed E-state index contributed by atoms with van der Waals surface area (Å²) >= 11 is 6.18. The predicted octanol–water partition coefficient (Wildman–Crippen LogP) is 2.21. The van der Waals surface area contributed by atoms with Gasteiger partial charge in [0.05, 0.1) is 11.5 Å². The molecule has 5 heteroatoms. The van der Waals surface area contributed by atoms with Crippen molar-refractivity contribution < 1.29 is 8.42 Å². The molecule has 0 bridgehead atoms. The van der Waals surface area contributed by atoms with Crippen LogP contribution in [0.5, 0.6) is 0 Å². The summed E-state index contributed by atoms with van der Waals surface area (Å²) in [6.45, 7) is 0.434. The monoisotopic (exact) mass is 287 g/mol. The molecule has 0 aromatic heterocycles. The van der Waals surface area contributed by atoms with Gasteiger partial charge in [-0.25, -0.2) is 8.42 Å². The van der Waals surface area contributed by atoms with Crippen LogP contribution in [-0.4, -0.2) is 26.5 Å². The summed E-state index contributed by atoms with van der Waals surface area (Å²) in [6.07, 6.45) is 1.64. The standard InChI is InChI=1S/C13H18ClNO2S/c14-13-6-2-1-5-11(13)12(8-15)10-4-3-7-18(16,17)9-10/h1-2,5-6,10,12H,3-4,7-9,15H2. The van der Waals surface area contributed by atoms with Crippen molar-refractivity contribution in [3.63, 3.8) is 0 Å². The van der Waals surface area contributed by atoms with E-state index in [2.05, 4.69) is 0 Å². The van der Waals surface area contributed by atoms with Gasteiger partial charge in [0.25, 0.3) is 0 Å². The summed E-state index contributed by atoms with van der Waals surface area (Å²) < 4.78 is 23.4. The van der Waals surface area contributed by atoms with Crippen LogP contribution in [0, 0.1) is 5.92 Å². The van der Waals surface area contributed by atoms with Crippen molar-refractivity contribution in [1.82, 2.24) is 0 Å². The molecule has 1 aromatic rings. The van der Waals surface area contributed by atoms with Crippen LogP contribution in [0.25, 0.3) is 0 Å². The lowest BCUT2D eigenvalue weighted by Gasteiger charge is -2.30. The summed E-state index contributed by atoms with van der Waals surface area (Å²) in [5, 5.41) is 0.677. The van der Waals surface area contributed by atoms with Gasteiger partial charge < -0.3 is 5.73 Å². The molecule has 0 aliphatic carbocycles. The van der Waals surface area contributed by atoms with Crippen LogP contribution in [0.2, 0.25) is 5.02 Å². The molecule has 1 heterocycles. The SMILES string of the molecule is NCC(c1ccccc1Cl)C1CCCS(=O)(=O)C1. The van der Waals surface area contributed by atoms with Gasteiger partial charge in [0.1, 0.15) is 0 Å². The van der Waals surface area contributed by atoms with Crippen molar-refractivity contribution in [3.8, 4) is 0 Å². The fourth-order valence-corrected chi connectivity index (χ4v) is 4.83. The second-order valence-corrected chi connectivity index (χ2v) is 7.52. The molecule has 3 nitrogen and oxygen atoms in total. The number of benzene rings is 1. The van der Waals surface area contributed by atoms with E-state index in [1.807, 2.05) is 24.3 Å². The lowest BCUT2D eigenvalue weighted by atomic mass is 9.84. The Morgan fingerprint density at radius 2 is 2.11 bits per heavy atom. The third-order valence-electron chi connectivity index (χ3n) is 3.63. The largest absolute Gasteiger partial charge is 0.330 e. The Bertz CT molecular complexity index is 515. The van der Waals surface area contributed by atoms with E-state index in [9.17, 15) is 8.42 Å². The minimum atomic E-state index is -2.91. The van der Waals surface area contributed by atoms with Gasteiger partial charge >= 0.3 is 0 Å². The highest BCUT2D eigenvalue weighted by atomic mass is 35.5. The molecule has 100 valence electrons. The van der Waals surface area contributed by atoms with Crippen molar-refractivity contribution >= 4 is 21.4 Å². The van der Waals surface area contributed by atoms with Crippen molar-refractivity contribution in [2.24, 2.45) is 11.7 Å². The van der Waals surface area contributed by atoms with Gasteiger partial charge in [-0.2, -0.15) is 0 Å². The first-order chi connectivity index (χ1) is 8.53. The average molecular weight is 288 g/mol. The van der Waals surface area contributed by atoms with Crippen LogP contribution in [0.4, 0.5) is 0 Å². The molecule has 2 N–H and O–H groups in total. The number of rotatable bonds is 3. The van der Waals surface area contributed by atoms with E-state index in [-0.39, 0.29) is 17.6 Å². The normalized spacial score (nSPS) is 24.7. The van der Waals surface area contributed by atoms with Crippen LogP contribution >= 0.6 is 11.6 Å². The maximum atomic E-state index is 11.7. The molecule has 1 fully saturated rings. The lowest BCUT2D eigenvalue weighted by molar-refractivity contribution is 0.413. The van der Waals surface area contributed by atoms with E-state index in [4.69, 9.17) is 17.3 Å². The van der Waals surface area contributed by atoms with Crippen LogP contribution in [0.3, 0.4) is 0 Å². The maximum Gasteiger partial charge on any atom is 0.150 e. The summed E-state index contributed by atoms with van der Waals surface area (Å²) in [4.78, 5) is 0. The molecule has 0 radical (unpaired) electrons. The van der Waals surface area contributed by atoms with Gasteiger partial charge in [0, 0.05) is 10.9 Å². The van der Waals surface area contributed by atoms with E-state index >= 15 is 0 Å². The van der Waals surface area contributed by atoms with E-state index in [0.717, 1.165) is 18.4 Å². The minimum absolute atomic E-state index is 0.0359. The molecule has 0 saturated carbocycles. The Kier molecular flexibility index (Phi) is 4.30. The first-order valence-electron chi connectivity index (χ1n) is 6.18. The van der Waals surface area contributed by atoms with Gasteiger partial charge in [-0.1, -0.05) is 29.8 Å². The highest BCUT2D eigenvalue weighted by Gasteiger charge is 2.31. The number of nitrogens with two attached hydrogens (primary N) is 1. The molecular weight excluding hydrogens is 270 g/mol. The highest BCUT2D eigenvalue weighted by Crippen LogP contribution is 2.35. The molecule has 1 aromatic carbocycles. The molecule has 2 rings (SSSR count). The second-order valence-electron chi connectivity index (χ2n) is 4.88. The Balaban J connectivity index is 2.26. The van der Waals surface area contributed by atoms with Crippen molar-refractivity contribution in [2.45, 2.75) is 18.8 Å². The van der Waals surface area contributed by atoms with Gasteiger partial charge in [-0.3, -0.25) is 0 Å². The molecule has 0 amide bonds. The zero-order valence-corrected chi connectivity index (χ0v) is 11.8. The minimum Gasteiger partial charge on any atom is -0.330 e. The smallest absolute Gasteiger partial charge is 0.150 e. The Morgan fingerprint density at radius 3 is 2.72 bits per heavy atom. The van der Waals surface area contributed by atoms with Gasteiger partial charge in [0.2, 0.25) is 0 Å². The van der Waals surface area contributed by atoms with E-state index < -0.39 is 9.84 Å². The predicted molar refractivity (Wildman–Crippen MR) is 74.6 cm³/mol. The van der Waals surface area contributed by atoms with Gasteiger partial charge in [-0.15, -0.1) is 0 Å². The van der Waals surface area contributed by atoms with Crippen LogP contribution < -0.4 is 5.73 Å². The Morgan fingerprint density at radius 1 is 1.39 bits per heavy atom. The summed E-state index contributed by atoms with van der Waals surface area (Å²) in [6, 6.07) is 7.57. The van der Waals surface area contributed by atoms with Crippen LogP contribution in [-0.2, 0) is 9.84 Å². The van der Waals surface area contributed by atoms with E-state index in [1.165, 1.54) is 0 Å². The Labute approximate surface area is 113 Å². The third-order valence-corrected chi connectivity index (χ3v) is 5.82. The fourth-order valence-electron chi connectivity index (χ4n) is 2.72. The molecule has 1 aliphatic heterocycles. The first-order valence-corrected chi connectivity index (χ1v) is 8.38. The molecular formula is C13H18ClNO2S. The van der Waals surface area contributed by atoms with Crippen molar-refractivity contribution in [3.05, 3.63) is 34.9 Å². The average Bonchev–Trinajstić information content (AvgIpc) is 2.31. The van der Waals surface area contributed by atoms with Gasteiger partial charge in [-0.05, 0) is 36.9 Å². The summed E-state index contributed by atoms with van der Waals surface area (Å²) in [7, 11) is -2.91. The molecule has 0 spiro atoms. The molecule has 2 atom stereocenters. The molecule has 2 unspecified atom stereocenters. The van der Waals surface area contributed by atoms with E-state index in [0.29, 0.717) is 17.3 Å². The van der Waals surface area contributed by atoms with Crippen LogP contribution in [0.1, 0.15) is 24.3 Å². The zero-order valence-electron chi connectivity index (χ0n) is 10.2. The highest BCUT2D eigenvalue weighted by molar-refractivity contribution is 7.91. The molecule has 1 saturated heterocycles. The molecule has 1 aliphatic rings. The number of sulfone groups is 1. The summed E-state index contributed by atoms with van der Waals surface area (Å²) in [5.41, 5.74) is 6.82. The first kappa shape index (κ1) is 13.8. The zero-order chi connectivity index (χ0) is 13.2. The van der Waals surface area contributed by atoms with Crippen molar-refractivity contribution in [1.29, 1.82) is 0 Å². The number of halogens is 1. The van der Waals surface area contributed by atoms with Crippen molar-refractivity contribution in [2.75, 3.05) is 18.1 Å². The van der Waals surface area contributed by atoms with Crippen LogP contribution in [0.15, 0.2) is 24.3 Å². The third kappa shape index (κ3) is 3.05. The van der Waals surface area contributed by atoms with Gasteiger partial charge in [0.15, 0.2) is 9.84 Å². The quantitative estimate of drug-likeness (QED) is 0.927. The van der Waals surface area contributed by atoms with E-state index in [1.54, 1.807) is 0 Å². The number of hydrogen-bond acceptors (Lipinski definition) is 3. The Hall–Kier alpha value is -0.580. The lowest BCUT2D eigenvalue weighted by Crippen LogP contribution is -2.32. The fraction of sp³-hybridized carbons (Fsp3) is 0.538. The summed E-state index contributed by atoms with van der Waals surface area (Å²) in [5.74, 6) is 0.672. The maximum absolute atomic E-state index is 11.7. The second kappa shape index (κ2) is 5.59.